The monoisotopic (exact) mass is 453 g/mol. The van der Waals surface area contributed by atoms with Gasteiger partial charge in [0.25, 0.3) is 0 Å². The molecule has 0 saturated heterocycles. The summed E-state index contributed by atoms with van der Waals surface area (Å²) in [6.07, 6.45) is -0.322. The largest absolute Gasteiger partial charge is 0.444 e. The molecule has 0 spiro atoms. The molecule has 1 atom stereocenters. The molecule has 0 aromatic heterocycles. The van der Waals surface area contributed by atoms with Gasteiger partial charge in [-0.25, -0.2) is 4.79 Å². The highest BCUT2D eigenvalue weighted by Crippen LogP contribution is 2.22. The van der Waals surface area contributed by atoms with E-state index in [1.54, 1.807) is 11.0 Å². The molecule has 178 valence electrons. The van der Waals surface area contributed by atoms with Crippen molar-refractivity contribution in [2.24, 2.45) is 0 Å². The van der Waals surface area contributed by atoms with Gasteiger partial charge in [-0.05, 0) is 51.8 Å². The number of amides is 3. The van der Waals surface area contributed by atoms with E-state index in [0.29, 0.717) is 18.8 Å². The molecule has 0 aliphatic carbocycles. The second-order valence-electron chi connectivity index (χ2n) is 9.07. The molecule has 7 heteroatoms. The number of hydrogen-bond donors (Lipinski definition) is 2. The van der Waals surface area contributed by atoms with Crippen LogP contribution in [0, 0.1) is 6.92 Å². The van der Waals surface area contributed by atoms with Gasteiger partial charge >= 0.3 is 6.09 Å². The van der Waals surface area contributed by atoms with Crippen LogP contribution in [0.25, 0.3) is 0 Å². The molecule has 2 aromatic carbocycles. The lowest BCUT2D eigenvalue weighted by Crippen LogP contribution is -2.36. The van der Waals surface area contributed by atoms with E-state index in [4.69, 9.17) is 4.74 Å². The van der Waals surface area contributed by atoms with E-state index < -0.39 is 17.7 Å². The minimum atomic E-state index is -0.590. The maximum Gasteiger partial charge on any atom is 0.410 e. The number of benzene rings is 2. The summed E-state index contributed by atoms with van der Waals surface area (Å²) < 4.78 is 5.49. The van der Waals surface area contributed by atoms with Gasteiger partial charge in [0, 0.05) is 19.2 Å². The quantitative estimate of drug-likeness (QED) is 0.591. The Hall–Kier alpha value is -3.35. The number of anilines is 1. The highest BCUT2D eigenvalue weighted by Gasteiger charge is 2.23. The topological polar surface area (TPSA) is 87.7 Å². The van der Waals surface area contributed by atoms with Gasteiger partial charge in [-0.2, -0.15) is 0 Å². The van der Waals surface area contributed by atoms with E-state index in [1.165, 1.54) is 6.92 Å². The summed E-state index contributed by atoms with van der Waals surface area (Å²) in [6.45, 7) is 11.5. The molecule has 0 aliphatic rings. The molecule has 2 N–H and O–H groups in total. The van der Waals surface area contributed by atoms with Gasteiger partial charge < -0.3 is 20.3 Å². The average molecular weight is 454 g/mol. The standard InChI is InChI=1S/C26H35N3O4/c1-7-29(25(32)33-26(4,5)6)17-21-10-8-9-11-22(21)28-24(31)16-23(27-19(3)30)20-14-12-18(2)13-15-20/h8-15,23H,7,16-17H2,1-6H3,(H,27,30)(H,28,31). The number of aryl methyl sites for hydroxylation is 1. The van der Waals surface area contributed by atoms with Crippen molar-refractivity contribution < 1.29 is 19.1 Å². The molecule has 33 heavy (non-hydrogen) atoms. The molecule has 0 heterocycles. The summed E-state index contributed by atoms with van der Waals surface area (Å²) >= 11 is 0. The van der Waals surface area contributed by atoms with Crippen LogP contribution in [0.15, 0.2) is 48.5 Å². The smallest absolute Gasteiger partial charge is 0.410 e. The molecule has 0 saturated carbocycles. The Morgan fingerprint density at radius 3 is 2.24 bits per heavy atom. The molecule has 0 radical (unpaired) electrons. The maximum atomic E-state index is 12.9. The van der Waals surface area contributed by atoms with E-state index >= 15 is 0 Å². The minimum absolute atomic E-state index is 0.0839. The third-order valence-corrected chi connectivity index (χ3v) is 4.93. The fourth-order valence-corrected chi connectivity index (χ4v) is 3.30. The maximum absolute atomic E-state index is 12.9. The lowest BCUT2D eigenvalue weighted by molar-refractivity contribution is -0.120. The average Bonchev–Trinajstić information content (AvgIpc) is 2.71. The number of carbonyl (C=O) groups excluding carboxylic acids is 3. The van der Waals surface area contributed by atoms with Crippen LogP contribution in [0.3, 0.4) is 0 Å². The molecular weight excluding hydrogens is 418 g/mol. The van der Waals surface area contributed by atoms with Crippen molar-refractivity contribution in [1.29, 1.82) is 0 Å². The summed E-state index contributed by atoms with van der Waals surface area (Å²) in [5, 5.41) is 5.80. The predicted octanol–water partition coefficient (Wildman–Crippen LogP) is 4.96. The molecule has 0 aliphatic heterocycles. The van der Waals surface area contributed by atoms with Crippen molar-refractivity contribution >= 4 is 23.6 Å². The zero-order valence-corrected chi connectivity index (χ0v) is 20.4. The van der Waals surface area contributed by atoms with Gasteiger partial charge in [0.1, 0.15) is 5.60 Å². The summed E-state index contributed by atoms with van der Waals surface area (Å²) in [6, 6.07) is 14.6. The molecule has 2 aromatic rings. The lowest BCUT2D eigenvalue weighted by Gasteiger charge is -2.27. The fourth-order valence-electron chi connectivity index (χ4n) is 3.30. The first-order valence-corrected chi connectivity index (χ1v) is 11.2. The van der Waals surface area contributed by atoms with Crippen molar-refractivity contribution in [3.05, 3.63) is 65.2 Å². The Morgan fingerprint density at radius 1 is 1.03 bits per heavy atom. The summed E-state index contributed by atoms with van der Waals surface area (Å²) in [4.78, 5) is 38.7. The van der Waals surface area contributed by atoms with E-state index in [1.807, 2.05) is 77.1 Å². The van der Waals surface area contributed by atoms with Gasteiger partial charge in [0.2, 0.25) is 11.8 Å². The van der Waals surface area contributed by atoms with Crippen molar-refractivity contribution in [2.45, 2.75) is 66.2 Å². The first kappa shape index (κ1) is 25.9. The van der Waals surface area contributed by atoms with Crippen molar-refractivity contribution in [2.75, 3.05) is 11.9 Å². The number of hydrogen-bond acceptors (Lipinski definition) is 4. The molecule has 1 unspecified atom stereocenters. The minimum Gasteiger partial charge on any atom is -0.444 e. The summed E-state index contributed by atoms with van der Waals surface area (Å²) in [5.41, 5.74) is 2.79. The van der Waals surface area contributed by atoms with Crippen LogP contribution < -0.4 is 10.6 Å². The van der Waals surface area contributed by atoms with Crippen LogP contribution in [-0.2, 0) is 20.9 Å². The van der Waals surface area contributed by atoms with Crippen LogP contribution in [0.5, 0.6) is 0 Å². The van der Waals surface area contributed by atoms with Gasteiger partial charge in [0.05, 0.1) is 19.0 Å². The summed E-state index contributed by atoms with van der Waals surface area (Å²) in [5.74, 6) is -0.438. The van der Waals surface area contributed by atoms with Crippen LogP contribution >= 0.6 is 0 Å². The molecule has 0 bridgehead atoms. The van der Waals surface area contributed by atoms with Crippen molar-refractivity contribution in [3.63, 3.8) is 0 Å². The third-order valence-electron chi connectivity index (χ3n) is 4.93. The Kier molecular flexibility index (Phi) is 9.02. The van der Waals surface area contributed by atoms with E-state index in [9.17, 15) is 14.4 Å². The van der Waals surface area contributed by atoms with E-state index in [0.717, 1.165) is 16.7 Å². The molecule has 0 fully saturated rings. The predicted molar refractivity (Wildman–Crippen MR) is 130 cm³/mol. The van der Waals surface area contributed by atoms with Crippen LogP contribution in [-0.4, -0.2) is 35.0 Å². The molecular formula is C26H35N3O4. The second-order valence-corrected chi connectivity index (χ2v) is 9.07. The van der Waals surface area contributed by atoms with Crippen LogP contribution in [0.4, 0.5) is 10.5 Å². The number of para-hydroxylation sites is 1. The normalized spacial score (nSPS) is 11.9. The number of rotatable bonds is 8. The molecule has 2 rings (SSSR count). The van der Waals surface area contributed by atoms with Crippen LogP contribution in [0.1, 0.15) is 63.8 Å². The second kappa shape index (κ2) is 11.5. The zero-order chi connectivity index (χ0) is 24.6. The Labute approximate surface area is 196 Å². The Bertz CT molecular complexity index is 964. The number of ether oxygens (including phenoxy) is 1. The number of nitrogens with one attached hydrogen (secondary N) is 2. The fraction of sp³-hybridized carbons (Fsp3) is 0.423. The van der Waals surface area contributed by atoms with Gasteiger partial charge in [0.15, 0.2) is 0 Å². The van der Waals surface area contributed by atoms with Gasteiger partial charge in [-0.15, -0.1) is 0 Å². The van der Waals surface area contributed by atoms with Gasteiger partial charge in [-0.1, -0.05) is 48.0 Å². The van der Waals surface area contributed by atoms with E-state index in [-0.39, 0.29) is 18.2 Å². The zero-order valence-electron chi connectivity index (χ0n) is 20.4. The highest BCUT2D eigenvalue weighted by atomic mass is 16.6. The van der Waals surface area contributed by atoms with Crippen LogP contribution in [0.2, 0.25) is 0 Å². The van der Waals surface area contributed by atoms with Crippen molar-refractivity contribution in [3.8, 4) is 0 Å². The van der Waals surface area contributed by atoms with Gasteiger partial charge in [-0.3, -0.25) is 9.59 Å². The molecule has 7 nitrogen and oxygen atoms in total. The Morgan fingerprint density at radius 2 is 1.67 bits per heavy atom. The van der Waals surface area contributed by atoms with Crippen molar-refractivity contribution in [1.82, 2.24) is 10.2 Å². The SMILES string of the molecule is CCN(Cc1ccccc1NC(=O)CC(NC(C)=O)c1ccc(C)cc1)C(=O)OC(C)(C)C. The first-order valence-electron chi connectivity index (χ1n) is 11.2. The highest BCUT2D eigenvalue weighted by molar-refractivity contribution is 5.92. The third kappa shape index (κ3) is 8.60. The van der Waals surface area contributed by atoms with E-state index in [2.05, 4.69) is 10.6 Å². The number of carbonyl (C=O) groups is 3. The molecule has 3 amide bonds. The Balaban J connectivity index is 2.14. The summed E-state index contributed by atoms with van der Waals surface area (Å²) in [7, 11) is 0. The lowest BCUT2D eigenvalue weighted by atomic mass is 10.0. The first-order chi connectivity index (χ1) is 15.5. The number of nitrogens with zero attached hydrogens (tertiary/aromatic N) is 1.